The third kappa shape index (κ3) is 3.48. The smallest absolute Gasteiger partial charge is 0.119 e. The average molecular weight is 224 g/mol. The molecule has 0 aliphatic rings. The summed E-state index contributed by atoms with van der Waals surface area (Å²) in [7, 11) is 3.34. The lowest BCUT2D eigenvalue weighted by Crippen LogP contribution is -2.45. The third-order valence-corrected chi connectivity index (χ3v) is 2.74. The molecule has 0 heterocycles. The van der Waals surface area contributed by atoms with Crippen LogP contribution >= 0.6 is 0 Å². The highest BCUT2D eigenvalue weighted by molar-refractivity contribution is 5.29. The van der Waals surface area contributed by atoms with E-state index in [0.717, 1.165) is 12.2 Å². The molecule has 90 valence electrons. The zero-order chi connectivity index (χ0) is 12.0. The zero-order valence-electron chi connectivity index (χ0n) is 10.1. The second-order valence-electron chi connectivity index (χ2n) is 3.77. The second-order valence-corrected chi connectivity index (χ2v) is 3.77. The molecular weight excluding hydrogens is 204 g/mol. The Kier molecular flexibility index (Phi) is 5.25. The first-order valence-electron chi connectivity index (χ1n) is 5.33. The van der Waals surface area contributed by atoms with Gasteiger partial charge in [-0.3, -0.25) is 11.3 Å². The van der Waals surface area contributed by atoms with E-state index in [0.29, 0.717) is 0 Å². The molecule has 2 atom stereocenters. The van der Waals surface area contributed by atoms with Gasteiger partial charge in [-0.2, -0.15) is 0 Å². The van der Waals surface area contributed by atoms with Crippen molar-refractivity contribution < 1.29 is 9.47 Å². The molecule has 0 fully saturated rings. The molecule has 0 aromatic heterocycles. The Morgan fingerprint density at radius 3 is 2.69 bits per heavy atom. The van der Waals surface area contributed by atoms with Gasteiger partial charge in [-0.05, 0) is 31.0 Å². The predicted molar refractivity (Wildman–Crippen MR) is 64.3 cm³/mol. The quantitative estimate of drug-likeness (QED) is 0.561. The topological polar surface area (TPSA) is 56.5 Å². The Morgan fingerprint density at radius 2 is 2.12 bits per heavy atom. The summed E-state index contributed by atoms with van der Waals surface area (Å²) in [4.78, 5) is 0. The van der Waals surface area contributed by atoms with Crippen molar-refractivity contribution in [3.05, 3.63) is 29.8 Å². The van der Waals surface area contributed by atoms with Gasteiger partial charge in [0, 0.05) is 7.11 Å². The SMILES string of the molecule is COc1cccc(CC(NN)C(C)OC)c1. The Bertz CT molecular complexity index is 318. The van der Waals surface area contributed by atoms with Crippen LogP contribution in [-0.2, 0) is 11.2 Å². The zero-order valence-corrected chi connectivity index (χ0v) is 10.1. The number of hydrogen-bond acceptors (Lipinski definition) is 4. The van der Waals surface area contributed by atoms with E-state index in [2.05, 4.69) is 11.5 Å². The van der Waals surface area contributed by atoms with Gasteiger partial charge >= 0.3 is 0 Å². The van der Waals surface area contributed by atoms with Crippen molar-refractivity contribution >= 4 is 0 Å². The largest absolute Gasteiger partial charge is 0.497 e. The van der Waals surface area contributed by atoms with Gasteiger partial charge in [0.1, 0.15) is 5.75 Å². The maximum atomic E-state index is 5.51. The predicted octanol–water partition coefficient (Wildman–Crippen LogP) is 1.10. The molecule has 0 bridgehead atoms. The van der Waals surface area contributed by atoms with Crippen LogP contribution < -0.4 is 16.0 Å². The molecule has 0 aliphatic carbocycles. The van der Waals surface area contributed by atoms with E-state index in [-0.39, 0.29) is 12.1 Å². The Morgan fingerprint density at radius 1 is 1.38 bits per heavy atom. The van der Waals surface area contributed by atoms with Crippen LogP contribution in [-0.4, -0.2) is 26.4 Å². The van der Waals surface area contributed by atoms with Crippen molar-refractivity contribution in [3.8, 4) is 5.75 Å². The molecule has 1 rings (SSSR count). The van der Waals surface area contributed by atoms with Gasteiger partial charge in [0.05, 0.1) is 19.3 Å². The fourth-order valence-corrected chi connectivity index (χ4v) is 1.58. The highest BCUT2D eigenvalue weighted by Crippen LogP contribution is 2.15. The number of nitrogens with one attached hydrogen (secondary N) is 1. The van der Waals surface area contributed by atoms with Gasteiger partial charge in [-0.25, -0.2) is 0 Å². The summed E-state index contributed by atoms with van der Waals surface area (Å²) in [5.41, 5.74) is 3.95. The summed E-state index contributed by atoms with van der Waals surface area (Å²) >= 11 is 0. The standard InChI is InChI=1S/C12H20N2O2/c1-9(15-2)12(14-13)8-10-5-4-6-11(7-10)16-3/h4-7,9,12,14H,8,13H2,1-3H3. The van der Waals surface area contributed by atoms with Gasteiger partial charge in [-0.15, -0.1) is 0 Å². The van der Waals surface area contributed by atoms with Crippen LogP contribution in [0.15, 0.2) is 24.3 Å². The summed E-state index contributed by atoms with van der Waals surface area (Å²) in [6.07, 6.45) is 0.874. The van der Waals surface area contributed by atoms with Crippen molar-refractivity contribution in [3.63, 3.8) is 0 Å². The number of hydrogen-bond donors (Lipinski definition) is 2. The minimum absolute atomic E-state index is 0.0659. The molecule has 0 saturated heterocycles. The van der Waals surface area contributed by atoms with Crippen molar-refractivity contribution in [2.75, 3.05) is 14.2 Å². The highest BCUT2D eigenvalue weighted by atomic mass is 16.5. The molecule has 4 nitrogen and oxygen atoms in total. The van der Waals surface area contributed by atoms with E-state index in [1.807, 2.05) is 25.1 Å². The van der Waals surface area contributed by atoms with Gasteiger partial charge < -0.3 is 9.47 Å². The van der Waals surface area contributed by atoms with Crippen molar-refractivity contribution in [2.45, 2.75) is 25.5 Å². The van der Waals surface area contributed by atoms with Crippen LogP contribution in [0.3, 0.4) is 0 Å². The molecule has 3 N–H and O–H groups in total. The second kappa shape index (κ2) is 6.48. The van der Waals surface area contributed by atoms with Crippen molar-refractivity contribution in [1.82, 2.24) is 5.43 Å². The number of methoxy groups -OCH3 is 2. The Balaban J connectivity index is 2.69. The fraction of sp³-hybridized carbons (Fsp3) is 0.500. The van der Waals surface area contributed by atoms with Crippen LogP contribution in [0.1, 0.15) is 12.5 Å². The number of rotatable bonds is 6. The normalized spacial score (nSPS) is 14.5. The first kappa shape index (κ1) is 13.0. The molecule has 0 radical (unpaired) electrons. The number of nitrogens with two attached hydrogens (primary N) is 1. The molecule has 16 heavy (non-hydrogen) atoms. The molecule has 0 spiro atoms. The molecule has 0 saturated carbocycles. The summed E-state index contributed by atoms with van der Waals surface area (Å²) in [5, 5.41) is 0. The van der Waals surface area contributed by atoms with E-state index in [9.17, 15) is 0 Å². The molecule has 0 amide bonds. The maximum Gasteiger partial charge on any atom is 0.119 e. The van der Waals surface area contributed by atoms with Crippen LogP contribution in [0.25, 0.3) is 0 Å². The minimum atomic E-state index is 0.0659. The van der Waals surface area contributed by atoms with Crippen molar-refractivity contribution in [2.24, 2.45) is 5.84 Å². The van der Waals surface area contributed by atoms with Gasteiger partial charge in [0.2, 0.25) is 0 Å². The number of benzene rings is 1. The lowest BCUT2D eigenvalue weighted by atomic mass is 10.0. The molecular formula is C12H20N2O2. The molecule has 2 unspecified atom stereocenters. The van der Waals surface area contributed by atoms with Gasteiger partial charge in [0.25, 0.3) is 0 Å². The van der Waals surface area contributed by atoms with E-state index in [4.69, 9.17) is 15.3 Å². The Labute approximate surface area is 96.7 Å². The van der Waals surface area contributed by atoms with Crippen LogP contribution in [0.5, 0.6) is 5.75 Å². The number of ether oxygens (including phenoxy) is 2. The third-order valence-electron chi connectivity index (χ3n) is 2.74. The Hall–Kier alpha value is -1.10. The first-order chi connectivity index (χ1) is 7.71. The summed E-state index contributed by atoms with van der Waals surface area (Å²) in [6.45, 7) is 1.99. The van der Waals surface area contributed by atoms with E-state index in [1.54, 1.807) is 14.2 Å². The molecule has 0 aliphatic heterocycles. The summed E-state index contributed by atoms with van der Waals surface area (Å²) in [6, 6.07) is 8.05. The highest BCUT2D eigenvalue weighted by Gasteiger charge is 2.15. The molecule has 4 heteroatoms. The van der Waals surface area contributed by atoms with Crippen LogP contribution in [0.4, 0.5) is 0 Å². The molecule has 1 aromatic carbocycles. The van der Waals surface area contributed by atoms with Gasteiger partial charge in [0.15, 0.2) is 0 Å². The lowest BCUT2D eigenvalue weighted by Gasteiger charge is -2.22. The van der Waals surface area contributed by atoms with E-state index >= 15 is 0 Å². The maximum absolute atomic E-state index is 5.51. The first-order valence-corrected chi connectivity index (χ1v) is 5.33. The summed E-state index contributed by atoms with van der Waals surface area (Å²) < 4.78 is 10.4. The van der Waals surface area contributed by atoms with Gasteiger partial charge in [-0.1, -0.05) is 12.1 Å². The summed E-state index contributed by atoms with van der Waals surface area (Å²) in [5.74, 6) is 6.37. The minimum Gasteiger partial charge on any atom is -0.497 e. The van der Waals surface area contributed by atoms with Crippen LogP contribution in [0.2, 0.25) is 0 Å². The van der Waals surface area contributed by atoms with E-state index in [1.165, 1.54) is 5.56 Å². The van der Waals surface area contributed by atoms with Crippen LogP contribution in [0, 0.1) is 0 Å². The number of hydrazine groups is 1. The van der Waals surface area contributed by atoms with E-state index < -0.39 is 0 Å². The monoisotopic (exact) mass is 224 g/mol. The fourth-order valence-electron chi connectivity index (χ4n) is 1.58. The average Bonchev–Trinajstić information content (AvgIpc) is 2.35. The van der Waals surface area contributed by atoms with Crippen molar-refractivity contribution in [1.29, 1.82) is 0 Å². The molecule has 1 aromatic rings. The lowest BCUT2D eigenvalue weighted by molar-refractivity contribution is 0.0831.